The van der Waals surface area contributed by atoms with E-state index in [-0.39, 0.29) is 11.8 Å². The number of amides is 1. The summed E-state index contributed by atoms with van der Waals surface area (Å²) in [6.45, 7) is 2.66. The van der Waals surface area contributed by atoms with Gasteiger partial charge in [0.2, 0.25) is 5.91 Å². The molecule has 0 spiro atoms. The average molecular weight is 255 g/mol. The molecule has 1 aromatic carbocycles. The van der Waals surface area contributed by atoms with E-state index in [1.54, 1.807) is 11.0 Å². The van der Waals surface area contributed by atoms with Crippen molar-refractivity contribution in [2.24, 2.45) is 11.0 Å². The molecule has 0 N–H and O–H groups in total. The maximum Gasteiger partial charge on any atom is 0.227 e. The Balaban J connectivity index is 2.28. The normalized spacial score (nSPS) is 18.0. The van der Waals surface area contributed by atoms with E-state index in [0.29, 0.717) is 30.8 Å². The summed E-state index contributed by atoms with van der Waals surface area (Å²) in [6.07, 6.45) is 0.359. The molecule has 2 rings (SSSR count). The van der Waals surface area contributed by atoms with Crippen LogP contribution in [0.4, 0.5) is 5.69 Å². The van der Waals surface area contributed by atoms with Crippen LogP contribution in [-0.2, 0) is 4.79 Å². The smallest absolute Gasteiger partial charge is 0.227 e. The van der Waals surface area contributed by atoms with E-state index < -0.39 is 0 Å². The Morgan fingerprint density at radius 1 is 1.63 bits per heavy atom. The second kappa shape index (κ2) is 5.42. The third-order valence-corrected chi connectivity index (χ3v) is 3.26. The summed E-state index contributed by atoms with van der Waals surface area (Å²) in [5.41, 5.74) is 10.3. The van der Waals surface area contributed by atoms with Crippen LogP contribution in [0.3, 0.4) is 0 Å². The van der Waals surface area contributed by atoms with Crippen molar-refractivity contribution in [1.29, 1.82) is 5.26 Å². The van der Waals surface area contributed by atoms with Gasteiger partial charge in [-0.05, 0) is 30.0 Å². The Hall–Kier alpha value is -2.51. The van der Waals surface area contributed by atoms with E-state index in [2.05, 4.69) is 16.1 Å². The first kappa shape index (κ1) is 12.9. The van der Waals surface area contributed by atoms with Crippen LogP contribution in [0.5, 0.6) is 0 Å². The molecule has 1 unspecified atom stereocenters. The fourth-order valence-electron chi connectivity index (χ4n) is 2.31. The number of benzene rings is 1. The van der Waals surface area contributed by atoms with Gasteiger partial charge < -0.3 is 4.90 Å². The number of aryl methyl sites for hydroxylation is 1. The molecule has 1 aliphatic rings. The predicted octanol–water partition coefficient (Wildman–Crippen LogP) is 2.53. The molecule has 0 saturated carbocycles. The van der Waals surface area contributed by atoms with Gasteiger partial charge in [-0.25, -0.2) is 0 Å². The lowest BCUT2D eigenvalue weighted by Gasteiger charge is -2.18. The fraction of sp³-hybridized carbons (Fsp3) is 0.385. The number of hydrogen-bond donors (Lipinski definition) is 0. The van der Waals surface area contributed by atoms with Gasteiger partial charge in [0.25, 0.3) is 0 Å². The van der Waals surface area contributed by atoms with Gasteiger partial charge in [-0.1, -0.05) is 17.2 Å². The Morgan fingerprint density at radius 2 is 2.42 bits per heavy atom. The largest absolute Gasteiger partial charge is 0.311 e. The molecule has 1 amide bonds. The summed E-state index contributed by atoms with van der Waals surface area (Å²) in [5, 5.41) is 12.7. The van der Waals surface area contributed by atoms with Crippen molar-refractivity contribution >= 4 is 11.6 Å². The summed E-state index contributed by atoms with van der Waals surface area (Å²) in [6, 6.07) is 7.60. The van der Waals surface area contributed by atoms with E-state index >= 15 is 0 Å². The van der Waals surface area contributed by atoms with E-state index in [9.17, 15) is 10.1 Å². The van der Waals surface area contributed by atoms with Gasteiger partial charge in [-0.2, -0.15) is 5.26 Å². The second-order valence-electron chi connectivity index (χ2n) is 4.57. The van der Waals surface area contributed by atoms with Gasteiger partial charge in [-0.15, -0.1) is 0 Å². The Morgan fingerprint density at radius 3 is 3.11 bits per heavy atom. The quantitative estimate of drug-likeness (QED) is 0.471. The first-order valence-electron chi connectivity index (χ1n) is 5.98. The number of nitriles is 1. The van der Waals surface area contributed by atoms with E-state index in [1.807, 2.05) is 19.1 Å². The van der Waals surface area contributed by atoms with Crippen molar-refractivity contribution in [2.45, 2.75) is 13.3 Å². The zero-order valence-electron chi connectivity index (χ0n) is 10.6. The van der Waals surface area contributed by atoms with Gasteiger partial charge in [-0.3, -0.25) is 4.79 Å². The maximum absolute atomic E-state index is 12.0. The highest BCUT2D eigenvalue weighted by atomic mass is 16.2. The minimum atomic E-state index is -0.0276. The van der Waals surface area contributed by atoms with Gasteiger partial charge in [0.15, 0.2) is 0 Å². The number of rotatable bonds is 3. The summed E-state index contributed by atoms with van der Waals surface area (Å²) in [4.78, 5) is 16.3. The molecule has 1 aromatic rings. The van der Waals surface area contributed by atoms with Gasteiger partial charge >= 0.3 is 0 Å². The van der Waals surface area contributed by atoms with Crippen LogP contribution < -0.4 is 4.90 Å². The molecule has 1 fully saturated rings. The van der Waals surface area contributed by atoms with Crippen molar-refractivity contribution in [1.82, 2.24) is 0 Å². The highest BCUT2D eigenvalue weighted by molar-refractivity contribution is 5.97. The highest BCUT2D eigenvalue weighted by Gasteiger charge is 2.31. The first-order valence-corrected chi connectivity index (χ1v) is 5.98. The molecule has 1 saturated heterocycles. The van der Waals surface area contributed by atoms with Crippen LogP contribution in [0.2, 0.25) is 0 Å². The lowest BCUT2D eigenvalue weighted by Crippen LogP contribution is -2.25. The summed E-state index contributed by atoms with van der Waals surface area (Å²) in [5.74, 6) is -0.00399. The Kier molecular flexibility index (Phi) is 3.69. The van der Waals surface area contributed by atoms with E-state index in [0.717, 1.165) is 5.56 Å². The van der Waals surface area contributed by atoms with Crippen molar-refractivity contribution in [2.75, 3.05) is 18.0 Å². The average Bonchev–Trinajstić information content (AvgIpc) is 2.77. The molecule has 0 radical (unpaired) electrons. The zero-order valence-corrected chi connectivity index (χ0v) is 10.6. The topological polar surface area (TPSA) is 92.9 Å². The number of anilines is 1. The molecule has 1 heterocycles. The van der Waals surface area contributed by atoms with Crippen molar-refractivity contribution in [3.63, 3.8) is 0 Å². The lowest BCUT2D eigenvalue weighted by molar-refractivity contribution is -0.117. The van der Waals surface area contributed by atoms with E-state index in [4.69, 9.17) is 5.53 Å². The third-order valence-electron chi connectivity index (χ3n) is 3.26. The van der Waals surface area contributed by atoms with Crippen LogP contribution in [0.15, 0.2) is 23.3 Å². The van der Waals surface area contributed by atoms with Crippen molar-refractivity contribution < 1.29 is 4.79 Å². The molecule has 0 aliphatic carbocycles. The Labute approximate surface area is 110 Å². The molecule has 6 nitrogen and oxygen atoms in total. The number of carbonyl (C=O) groups is 1. The van der Waals surface area contributed by atoms with Gasteiger partial charge in [0.1, 0.15) is 6.07 Å². The molecule has 0 bridgehead atoms. The molecule has 19 heavy (non-hydrogen) atoms. The Bertz CT molecular complexity index is 598. The standard InChI is InChI=1S/C13H13N5O/c1-9-3-2-4-12(11(9)6-14)18-8-10(5-13(18)19)7-16-17-15/h2-4,10H,5,7-8H2,1H3. The first-order chi connectivity index (χ1) is 9.17. The molecule has 0 aromatic heterocycles. The second-order valence-corrected chi connectivity index (χ2v) is 4.57. The molecule has 1 atom stereocenters. The van der Waals surface area contributed by atoms with E-state index in [1.165, 1.54) is 0 Å². The summed E-state index contributed by atoms with van der Waals surface area (Å²) >= 11 is 0. The van der Waals surface area contributed by atoms with Crippen LogP contribution in [0, 0.1) is 24.2 Å². The number of nitrogens with zero attached hydrogens (tertiary/aromatic N) is 5. The van der Waals surface area contributed by atoms with Crippen LogP contribution >= 0.6 is 0 Å². The maximum atomic E-state index is 12.0. The summed E-state index contributed by atoms with van der Waals surface area (Å²) < 4.78 is 0. The van der Waals surface area contributed by atoms with Crippen LogP contribution in [-0.4, -0.2) is 19.0 Å². The molecule has 1 aliphatic heterocycles. The van der Waals surface area contributed by atoms with Crippen LogP contribution in [0.1, 0.15) is 17.5 Å². The highest BCUT2D eigenvalue weighted by Crippen LogP contribution is 2.29. The molecule has 6 heteroatoms. The monoisotopic (exact) mass is 255 g/mol. The minimum Gasteiger partial charge on any atom is -0.311 e. The zero-order chi connectivity index (χ0) is 13.8. The summed E-state index contributed by atoms with van der Waals surface area (Å²) in [7, 11) is 0. The molecule has 96 valence electrons. The number of carbonyl (C=O) groups excluding carboxylic acids is 1. The number of azide groups is 1. The predicted molar refractivity (Wildman–Crippen MR) is 70.4 cm³/mol. The number of hydrogen-bond acceptors (Lipinski definition) is 3. The van der Waals surface area contributed by atoms with Crippen molar-refractivity contribution in [3.05, 3.63) is 39.8 Å². The molecular weight excluding hydrogens is 242 g/mol. The van der Waals surface area contributed by atoms with Crippen molar-refractivity contribution in [3.8, 4) is 6.07 Å². The van der Waals surface area contributed by atoms with Gasteiger partial charge in [0, 0.05) is 24.4 Å². The molecular formula is C13H13N5O. The fourth-order valence-corrected chi connectivity index (χ4v) is 2.31. The third kappa shape index (κ3) is 2.51. The van der Waals surface area contributed by atoms with Crippen LogP contribution in [0.25, 0.3) is 10.4 Å². The lowest BCUT2D eigenvalue weighted by atomic mass is 10.1. The van der Waals surface area contributed by atoms with Gasteiger partial charge in [0.05, 0.1) is 11.3 Å². The minimum absolute atomic E-state index is 0.0236. The SMILES string of the molecule is Cc1cccc(N2CC(CN=[N+]=[N-])CC2=O)c1C#N.